The van der Waals surface area contributed by atoms with Gasteiger partial charge >= 0.3 is 5.97 Å². The number of rotatable bonds is 9. The molecule has 4 heteroatoms. The quantitative estimate of drug-likeness (QED) is 0.711. The van der Waals surface area contributed by atoms with Gasteiger partial charge < -0.3 is 14.6 Å². The summed E-state index contributed by atoms with van der Waals surface area (Å²) in [6.07, 6.45) is 3.30. The second-order valence-electron chi connectivity index (χ2n) is 6.09. The van der Waals surface area contributed by atoms with Gasteiger partial charge in [-0.25, -0.2) is 0 Å². The van der Waals surface area contributed by atoms with Crippen LogP contribution in [-0.2, 0) is 22.6 Å². The minimum atomic E-state index is -0.135. The van der Waals surface area contributed by atoms with Crippen LogP contribution in [0.25, 0.3) is 0 Å². The fraction of sp³-hybridized carbons (Fsp3) is 0.706. The molecule has 0 spiro atoms. The summed E-state index contributed by atoms with van der Waals surface area (Å²) in [5.41, 5.74) is 1.26. The number of aryl methyl sites for hydroxylation is 1. The van der Waals surface area contributed by atoms with Crippen molar-refractivity contribution >= 4 is 5.97 Å². The number of ether oxygens (including phenoxy) is 1. The second-order valence-corrected chi connectivity index (χ2v) is 6.09. The standard InChI is InChI=1S/C17H30N2O2/c1-6-21-17(20)14(4)15(5)18-12-16-8-7-10-19(16)11-9-13(2)3/h7-8,10,13-15,18H,6,9,11-12H2,1-5H3/t14-,15+/m0/s1. The Hall–Kier alpha value is -1.29. The summed E-state index contributed by atoms with van der Waals surface area (Å²) in [5.74, 6) is 0.438. The fourth-order valence-corrected chi connectivity index (χ4v) is 2.15. The number of aromatic nitrogens is 1. The highest BCUT2D eigenvalue weighted by atomic mass is 16.5. The molecule has 0 radical (unpaired) electrons. The number of esters is 1. The number of hydrogen-bond acceptors (Lipinski definition) is 3. The van der Waals surface area contributed by atoms with Crippen LogP contribution >= 0.6 is 0 Å². The van der Waals surface area contributed by atoms with Crippen molar-refractivity contribution < 1.29 is 9.53 Å². The van der Waals surface area contributed by atoms with E-state index in [4.69, 9.17) is 4.74 Å². The van der Waals surface area contributed by atoms with E-state index in [1.54, 1.807) is 0 Å². The molecule has 0 fully saturated rings. The Bertz CT molecular complexity index is 426. The van der Waals surface area contributed by atoms with Crippen LogP contribution < -0.4 is 5.32 Å². The lowest BCUT2D eigenvalue weighted by Gasteiger charge is -2.20. The van der Waals surface area contributed by atoms with Crippen molar-refractivity contribution in [2.75, 3.05) is 6.61 Å². The van der Waals surface area contributed by atoms with Gasteiger partial charge in [0.2, 0.25) is 0 Å². The SMILES string of the molecule is CCOC(=O)[C@@H](C)[C@@H](C)NCc1cccn1CCC(C)C. The Morgan fingerprint density at radius 1 is 1.33 bits per heavy atom. The smallest absolute Gasteiger partial charge is 0.310 e. The van der Waals surface area contributed by atoms with E-state index in [9.17, 15) is 4.79 Å². The van der Waals surface area contributed by atoms with Gasteiger partial charge in [-0.05, 0) is 38.3 Å². The van der Waals surface area contributed by atoms with E-state index in [0.29, 0.717) is 12.5 Å². The van der Waals surface area contributed by atoms with Gasteiger partial charge in [-0.15, -0.1) is 0 Å². The van der Waals surface area contributed by atoms with E-state index in [0.717, 1.165) is 13.1 Å². The van der Waals surface area contributed by atoms with Crippen LogP contribution in [0.4, 0.5) is 0 Å². The molecule has 1 aromatic rings. The third kappa shape index (κ3) is 5.92. The van der Waals surface area contributed by atoms with Crippen LogP contribution in [0.3, 0.4) is 0 Å². The largest absolute Gasteiger partial charge is 0.466 e. The molecule has 2 atom stereocenters. The Kier molecular flexibility index (Phi) is 7.51. The third-order valence-corrected chi connectivity index (χ3v) is 3.88. The summed E-state index contributed by atoms with van der Waals surface area (Å²) in [6.45, 7) is 12.5. The summed E-state index contributed by atoms with van der Waals surface area (Å²) in [7, 11) is 0. The lowest BCUT2D eigenvalue weighted by Crippen LogP contribution is -2.37. The molecule has 1 aromatic heterocycles. The van der Waals surface area contributed by atoms with Crippen molar-refractivity contribution in [3.63, 3.8) is 0 Å². The summed E-state index contributed by atoms with van der Waals surface area (Å²) < 4.78 is 7.35. The van der Waals surface area contributed by atoms with Gasteiger partial charge in [0.05, 0.1) is 12.5 Å². The molecule has 1 heterocycles. The Morgan fingerprint density at radius 3 is 2.67 bits per heavy atom. The van der Waals surface area contributed by atoms with E-state index >= 15 is 0 Å². The van der Waals surface area contributed by atoms with E-state index in [1.807, 2.05) is 20.8 Å². The molecular weight excluding hydrogens is 264 g/mol. The molecule has 21 heavy (non-hydrogen) atoms. The van der Waals surface area contributed by atoms with Crippen molar-refractivity contribution in [3.05, 3.63) is 24.0 Å². The first-order chi connectivity index (χ1) is 9.95. The topological polar surface area (TPSA) is 43.3 Å². The highest BCUT2D eigenvalue weighted by Gasteiger charge is 2.21. The zero-order chi connectivity index (χ0) is 15.8. The van der Waals surface area contributed by atoms with Gasteiger partial charge in [-0.2, -0.15) is 0 Å². The number of nitrogens with one attached hydrogen (secondary N) is 1. The number of nitrogens with zero attached hydrogens (tertiary/aromatic N) is 1. The molecule has 0 aliphatic heterocycles. The van der Waals surface area contributed by atoms with E-state index in [1.165, 1.54) is 12.1 Å². The third-order valence-electron chi connectivity index (χ3n) is 3.88. The maximum atomic E-state index is 11.7. The van der Waals surface area contributed by atoms with Crippen LogP contribution in [-0.4, -0.2) is 23.2 Å². The molecule has 0 aliphatic rings. The Balaban J connectivity index is 2.47. The molecule has 0 aromatic carbocycles. The summed E-state index contributed by atoms with van der Waals surface area (Å²) in [4.78, 5) is 11.7. The van der Waals surface area contributed by atoms with Crippen LogP contribution in [0.5, 0.6) is 0 Å². The molecule has 0 bridgehead atoms. The summed E-state index contributed by atoms with van der Waals surface area (Å²) in [5, 5.41) is 3.43. The first-order valence-corrected chi connectivity index (χ1v) is 7.99. The van der Waals surface area contributed by atoms with Crippen LogP contribution in [0.15, 0.2) is 18.3 Å². The van der Waals surface area contributed by atoms with Crippen molar-refractivity contribution in [3.8, 4) is 0 Å². The lowest BCUT2D eigenvalue weighted by atomic mass is 10.0. The minimum absolute atomic E-state index is 0.0949. The van der Waals surface area contributed by atoms with Gasteiger partial charge in [0.25, 0.3) is 0 Å². The first kappa shape index (κ1) is 17.8. The maximum absolute atomic E-state index is 11.7. The average Bonchev–Trinajstić information content (AvgIpc) is 2.89. The van der Waals surface area contributed by atoms with Gasteiger partial charge in [0.1, 0.15) is 0 Å². The second kappa shape index (κ2) is 8.88. The molecule has 1 rings (SSSR count). The van der Waals surface area contributed by atoms with Gasteiger partial charge in [-0.1, -0.05) is 20.8 Å². The van der Waals surface area contributed by atoms with Crippen LogP contribution in [0.2, 0.25) is 0 Å². The molecule has 4 nitrogen and oxygen atoms in total. The molecule has 120 valence electrons. The van der Waals surface area contributed by atoms with Crippen molar-refractivity contribution in [2.24, 2.45) is 11.8 Å². The normalized spacial score (nSPS) is 14.2. The fourth-order valence-electron chi connectivity index (χ4n) is 2.15. The predicted octanol–water partition coefficient (Wildman–Crippen LogP) is 3.21. The van der Waals surface area contributed by atoms with E-state index in [-0.39, 0.29) is 17.9 Å². The van der Waals surface area contributed by atoms with Gasteiger partial charge in [0, 0.05) is 31.0 Å². The average molecular weight is 294 g/mol. The predicted molar refractivity (Wildman–Crippen MR) is 86.0 cm³/mol. The highest BCUT2D eigenvalue weighted by Crippen LogP contribution is 2.10. The minimum Gasteiger partial charge on any atom is -0.466 e. The first-order valence-electron chi connectivity index (χ1n) is 7.99. The molecule has 1 N–H and O–H groups in total. The molecule has 0 unspecified atom stereocenters. The molecule has 0 saturated heterocycles. The number of carbonyl (C=O) groups excluding carboxylic acids is 1. The Labute approximate surface area is 128 Å². The van der Waals surface area contributed by atoms with E-state index in [2.05, 4.69) is 42.1 Å². The summed E-state index contributed by atoms with van der Waals surface area (Å²) >= 11 is 0. The van der Waals surface area contributed by atoms with Gasteiger partial charge in [0.15, 0.2) is 0 Å². The van der Waals surface area contributed by atoms with Crippen LogP contribution in [0.1, 0.15) is 46.7 Å². The zero-order valence-corrected chi connectivity index (χ0v) is 14.1. The summed E-state index contributed by atoms with van der Waals surface area (Å²) in [6, 6.07) is 4.31. The lowest BCUT2D eigenvalue weighted by molar-refractivity contribution is -0.148. The van der Waals surface area contributed by atoms with Gasteiger partial charge in [-0.3, -0.25) is 4.79 Å². The molecular formula is C17H30N2O2. The molecule has 0 aliphatic carbocycles. The maximum Gasteiger partial charge on any atom is 0.310 e. The molecule has 0 saturated carbocycles. The zero-order valence-electron chi connectivity index (χ0n) is 14.1. The van der Waals surface area contributed by atoms with E-state index < -0.39 is 0 Å². The number of hydrogen-bond donors (Lipinski definition) is 1. The van der Waals surface area contributed by atoms with Crippen molar-refractivity contribution in [2.45, 2.75) is 60.2 Å². The number of carbonyl (C=O) groups is 1. The monoisotopic (exact) mass is 294 g/mol. The Morgan fingerprint density at radius 2 is 2.05 bits per heavy atom. The van der Waals surface area contributed by atoms with Crippen molar-refractivity contribution in [1.29, 1.82) is 0 Å². The van der Waals surface area contributed by atoms with Crippen molar-refractivity contribution in [1.82, 2.24) is 9.88 Å². The molecule has 0 amide bonds. The van der Waals surface area contributed by atoms with Crippen LogP contribution in [0, 0.1) is 11.8 Å². The highest BCUT2D eigenvalue weighted by molar-refractivity contribution is 5.72.